The summed E-state index contributed by atoms with van der Waals surface area (Å²) in [6, 6.07) is 16.4. The first-order valence-corrected chi connectivity index (χ1v) is 8.97. The van der Waals surface area contributed by atoms with Gasteiger partial charge in [0.1, 0.15) is 0 Å². The summed E-state index contributed by atoms with van der Waals surface area (Å²) in [7, 11) is 3.25. The number of benzene rings is 2. The number of nitrogens with two attached hydrogens (primary N) is 1. The van der Waals surface area contributed by atoms with Crippen LogP contribution in [-0.4, -0.2) is 26.7 Å². The second-order valence-electron chi connectivity index (χ2n) is 6.74. The molecule has 0 bridgehead atoms. The van der Waals surface area contributed by atoms with Crippen LogP contribution in [-0.2, 0) is 12.0 Å². The molecule has 1 aliphatic carbocycles. The Kier molecular flexibility index (Phi) is 7.77. The number of hydrogen-bond acceptors (Lipinski definition) is 3. The Labute approximate surface area is 178 Å². The molecule has 0 unspecified atom stereocenters. The average molecular weight is 481 g/mol. The van der Waals surface area contributed by atoms with Gasteiger partial charge in [0.2, 0.25) is 0 Å². The van der Waals surface area contributed by atoms with E-state index in [1.165, 1.54) is 24.8 Å². The zero-order valence-electron chi connectivity index (χ0n) is 15.9. The molecule has 146 valence electrons. The third-order valence-electron chi connectivity index (χ3n) is 5.18. The molecule has 2 aromatic carbocycles. The van der Waals surface area contributed by atoms with Crippen molar-refractivity contribution >= 4 is 29.9 Å². The van der Waals surface area contributed by atoms with Gasteiger partial charge in [-0.25, -0.2) is 4.99 Å². The molecule has 2 aromatic rings. The summed E-state index contributed by atoms with van der Waals surface area (Å²) in [5, 5.41) is 3.32. The number of nitrogens with one attached hydrogen (secondary N) is 1. The van der Waals surface area contributed by atoms with Crippen LogP contribution in [0.1, 0.15) is 30.4 Å². The number of guanidine groups is 1. The molecule has 3 rings (SSSR count). The fourth-order valence-corrected chi connectivity index (χ4v) is 3.43. The second-order valence-corrected chi connectivity index (χ2v) is 6.74. The van der Waals surface area contributed by atoms with Gasteiger partial charge in [0.05, 0.1) is 20.8 Å². The normalized spacial score (nSPS) is 15.3. The lowest BCUT2D eigenvalue weighted by Crippen LogP contribution is -2.47. The molecular weight excluding hydrogens is 453 g/mol. The van der Waals surface area contributed by atoms with E-state index < -0.39 is 0 Å². The summed E-state index contributed by atoms with van der Waals surface area (Å²) in [6.45, 7) is 1.32. The number of nitrogens with zero attached hydrogens (tertiary/aromatic N) is 1. The summed E-state index contributed by atoms with van der Waals surface area (Å²) >= 11 is 0. The molecule has 1 saturated carbocycles. The molecule has 1 aliphatic rings. The third-order valence-corrected chi connectivity index (χ3v) is 5.18. The van der Waals surface area contributed by atoms with E-state index in [9.17, 15) is 0 Å². The van der Waals surface area contributed by atoms with Crippen molar-refractivity contribution in [1.29, 1.82) is 0 Å². The minimum absolute atomic E-state index is 0. The Morgan fingerprint density at radius 2 is 1.78 bits per heavy atom. The van der Waals surface area contributed by atoms with Gasteiger partial charge in [-0.15, -0.1) is 24.0 Å². The van der Waals surface area contributed by atoms with Crippen LogP contribution in [0.25, 0.3) is 0 Å². The van der Waals surface area contributed by atoms with Crippen LogP contribution in [0.5, 0.6) is 11.5 Å². The number of ether oxygens (including phenoxy) is 2. The first-order chi connectivity index (χ1) is 12.7. The lowest BCUT2D eigenvalue weighted by molar-refractivity contribution is 0.244. The van der Waals surface area contributed by atoms with Crippen molar-refractivity contribution in [3.8, 4) is 11.5 Å². The third kappa shape index (κ3) is 5.06. The van der Waals surface area contributed by atoms with Crippen LogP contribution in [0, 0.1) is 0 Å². The highest BCUT2D eigenvalue weighted by atomic mass is 127. The summed E-state index contributed by atoms with van der Waals surface area (Å²) < 4.78 is 10.6. The van der Waals surface area contributed by atoms with Crippen LogP contribution in [0.4, 0.5) is 0 Å². The Morgan fingerprint density at radius 1 is 1.07 bits per heavy atom. The van der Waals surface area contributed by atoms with Gasteiger partial charge in [0, 0.05) is 12.0 Å². The van der Waals surface area contributed by atoms with E-state index in [-0.39, 0.29) is 29.4 Å². The SMILES string of the molecule is COc1ccc(CN=C(N)NCC2(c3ccccc3)CCC2)cc1OC.I. The maximum absolute atomic E-state index is 6.10. The van der Waals surface area contributed by atoms with E-state index in [1.807, 2.05) is 18.2 Å². The van der Waals surface area contributed by atoms with Gasteiger partial charge in [-0.3, -0.25) is 0 Å². The van der Waals surface area contributed by atoms with Crippen molar-refractivity contribution in [2.24, 2.45) is 10.7 Å². The van der Waals surface area contributed by atoms with Crippen LogP contribution < -0.4 is 20.5 Å². The van der Waals surface area contributed by atoms with E-state index in [0.29, 0.717) is 24.0 Å². The molecule has 0 saturated heterocycles. The van der Waals surface area contributed by atoms with Crippen molar-refractivity contribution in [2.45, 2.75) is 31.2 Å². The standard InChI is InChI=1S/C21H27N3O2.HI/c1-25-18-10-9-16(13-19(18)26-2)14-23-20(22)24-15-21(11-6-12-21)17-7-4-3-5-8-17;/h3-5,7-10,13H,6,11-12,14-15H2,1-2H3,(H3,22,23,24);1H. The maximum Gasteiger partial charge on any atom is 0.188 e. The first-order valence-electron chi connectivity index (χ1n) is 8.97. The van der Waals surface area contributed by atoms with Crippen molar-refractivity contribution in [3.05, 3.63) is 59.7 Å². The largest absolute Gasteiger partial charge is 0.493 e. The minimum atomic E-state index is 0. The second kappa shape index (κ2) is 9.82. The van der Waals surface area contributed by atoms with Gasteiger partial charge in [-0.05, 0) is 36.1 Å². The average Bonchev–Trinajstić information content (AvgIpc) is 2.66. The predicted molar refractivity (Wildman–Crippen MR) is 120 cm³/mol. The summed E-state index contributed by atoms with van der Waals surface area (Å²) in [4.78, 5) is 4.47. The van der Waals surface area contributed by atoms with Gasteiger partial charge >= 0.3 is 0 Å². The molecule has 0 radical (unpaired) electrons. The monoisotopic (exact) mass is 481 g/mol. The van der Waals surface area contributed by atoms with E-state index in [0.717, 1.165) is 12.1 Å². The molecule has 0 spiro atoms. The zero-order valence-corrected chi connectivity index (χ0v) is 18.2. The smallest absolute Gasteiger partial charge is 0.188 e. The molecule has 0 aromatic heterocycles. The predicted octanol–water partition coefficient (Wildman–Crippen LogP) is 3.85. The van der Waals surface area contributed by atoms with E-state index in [1.54, 1.807) is 14.2 Å². The minimum Gasteiger partial charge on any atom is -0.493 e. The van der Waals surface area contributed by atoms with Crippen LogP contribution in [0.3, 0.4) is 0 Å². The highest BCUT2D eigenvalue weighted by Gasteiger charge is 2.38. The van der Waals surface area contributed by atoms with Crippen molar-refractivity contribution < 1.29 is 9.47 Å². The Hall–Kier alpha value is -1.96. The van der Waals surface area contributed by atoms with Gasteiger partial charge in [0.25, 0.3) is 0 Å². The fraction of sp³-hybridized carbons (Fsp3) is 0.381. The maximum atomic E-state index is 6.10. The fourth-order valence-electron chi connectivity index (χ4n) is 3.43. The number of halogens is 1. The summed E-state index contributed by atoms with van der Waals surface area (Å²) in [5.41, 5.74) is 8.68. The van der Waals surface area contributed by atoms with Crippen molar-refractivity contribution in [1.82, 2.24) is 5.32 Å². The van der Waals surface area contributed by atoms with Gasteiger partial charge in [-0.1, -0.05) is 42.8 Å². The van der Waals surface area contributed by atoms with Crippen molar-refractivity contribution in [3.63, 3.8) is 0 Å². The molecule has 6 heteroatoms. The number of aliphatic imine (C=N–C) groups is 1. The number of hydrogen-bond donors (Lipinski definition) is 2. The molecule has 0 aliphatic heterocycles. The summed E-state index contributed by atoms with van der Waals surface area (Å²) in [5.74, 6) is 1.88. The Morgan fingerprint density at radius 3 is 2.37 bits per heavy atom. The highest BCUT2D eigenvalue weighted by molar-refractivity contribution is 14.0. The van der Waals surface area contributed by atoms with Crippen molar-refractivity contribution in [2.75, 3.05) is 20.8 Å². The Bertz CT molecular complexity index is 761. The van der Waals surface area contributed by atoms with Gasteiger partial charge in [0.15, 0.2) is 17.5 Å². The molecule has 3 N–H and O–H groups in total. The molecule has 0 amide bonds. The van der Waals surface area contributed by atoms with Crippen LogP contribution in [0.15, 0.2) is 53.5 Å². The molecule has 27 heavy (non-hydrogen) atoms. The molecule has 0 atom stereocenters. The number of rotatable bonds is 7. The molecule has 1 fully saturated rings. The lowest BCUT2D eigenvalue weighted by atomic mass is 9.64. The summed E-state index contributed by atoms with van der Waals surface area (Å²) in [6.07, 6.45) is 3.64. The Balaban J connectivity index is 0.00000261. The molecular formula is C21H28IN3O2. The molecule has 0 heterocycles. The van der Waals surface area contributed by atoms with Crippen LogP contribution in [0.2, 0.25) is 0 Å². The van der Waals surface area contributed by atoms with E-state index >= 15 is 0 Å². The topological polar surface area (TPSA) is 68.9 Å². The van der Waals surface area contributed by atoms with E-state index in [2.05, 4.69) is 40.6 Å². The first kappa shape index (κ1) is 21.3. The quantitative estimate of drug-likeness (QED) is 0.358. The number of methoxy groups -OCH3 is 2. The lowest BCUT2D eigenvalue weighted by Gasteiger charge is -2.42. The van der Waals surface area contributed by atoms with Crippen LogP contribution >= 0.6 is 24.0 Å². The zero-order chi connectivity index (χ0) is 18.4. The molecule has 5 nitrogen and oxygen atoms in total. The van der Waals surface area contributed by atoms with Gasteiger partial charge in [-0.2, -0.15) is 0 Å². The highest BCUT2D eigenvalue weighted by Crippen LogP contribution is 2.43. The van der Waals surface area contributed by atoms with E-state index in [4.69, 9.17) is 15.2 Å². The van der Waals surface area contributed by atoms with Gasteiger partial charge < -0.3 is 20.5 Å².